The molecule has 7 heteroatoms. The molecule has 0 saturated heterocycles. The highest BCUT2D eigenvalue weighted by Gasteiger charge is 2.28. The number of hydrogen-bond acceptors (Lipinski definition) is 5. The molecule has 4 rings (SSSR count). The van der Waals surface area contributed by atoms with Crippen molar-refractivity contribution in [2.75, 3.05) is 5.32 Å². The summed E-state index contributed by atoms with van der Waals surface area (Å²) in [5, 5.41) is 16.6. The first-order chi connectivity index (χ1) is 14.9. The van der Waals surface area contributed by atoms with Gasteiger partial charge in [-0.3, -0.25) is 9.59 Å². The van der Waals surface area contributed by atoms with Crippen LogP contribution in [0.2, 0.25) is 0 Å². The van der Waals surface area contributed by atoms with Crippen LogP contribution < -0.4 is 10.7 Å². The molecule has 0 fully saturated rings. The third kappa shape index (κ3) is 4.35. The number of hydrazone groups is 1. The maximum atomic E-state index is 12.8. The molecular weight excluding hydrogens is 394 g/mol. The zero-order valence-electron chi connectivity index (χ0n) is 17.4. The zero-order chi connectivity index (χ0) is 22.0. The molecule has 31 heavy (non-hydrogen) atoms. The number of phenolic OH excluding ortho intramolecular Hbond substituents is 1. The minimum absolute atomic E-state index is 0.0882. The van der Waals surface area contributed by atoms with E-state index in [-0.39, 0.29) is 23.3 Å². The Labute approximate surface area is 179 Å². The number of aromatic hydroxyl groups is 1. The first kappa shape index (κ1) is 20.4. The van der Waals surface area contributed by atoms with Crippen LogP contribution in [0, 0.1) is 13.8 Å². The lowest BCUT2D eigenvalue weighted by Crippen LogP contribution is -2.22. The summed E-state index contributed by atoms with van der Waals surface area (Å²) in [4.78, 5) is 25.2. The number of fused-ring (bicyclic) bond motifs is 1. The molecule has 0 unspecified atom stereocenters. The summed E-state index contributed by atoms with van der Waals surface area (Å²) in [6.07, 6.45) is 2.19. The van der Waals surface area contributed by atoms with Gasteiger partial charge in [0.25, 0.3) is 11.8 Å². The normalized spacial score (nSPS) is 14.2. The van der Waals surface area contributed by atoms with Crippen molar-refractivity contribution in [2.45, 2.75) is 33.1 Å². The van der Waals surface area contributed by atoms with E-state index in [9.17, 15) is 14.7 Å². The van der Waals surface area contributed by atoms with Crippen LogP contribution in [-0.2, 0) is 6.42 Å². The van der Waals surface area contributed by atoms with Gasteiger partial charge >= 0.3 is 0 Å². The Hall–Kier alpha value is -3.87. The number of phenols is 1. The van der Waals surface area contributed by atoms with Crippen LogP contribution in [0.1, 0.15) is 56.2 Å². The van der Waals surface area contributed by atoms with Gasteiger partial charge in [-0.05, 0) is 68.7 Å². The summed E-state index contributed by atoms with van der Waals surface area (Å²) < 4.78 is 5.90. The van der Waals surface area contributed by atoms with E-state index in [1.54, 1.807) is 0 Å². The van der Waals surface area contributed by atoms with E-state index >= 15 is 0 Å². The van der Waals surface area contributed by atoms with Crippen molar-refractivity contribution >= 4 is 23.2 Å². The number of rotatable bonds is 4. The second-order valence-corrected chi connectivity index (χ2v) is 7.58. The number of furan rings is 1. The van der Waals surface area contributed by atoms with Gasteiger partial charge < -0.3 is 14.8 Å². The zero-order valence-corrected chi connectivity index (χ0v) is 17.4. The van der Waals surface area contributed by atoms with Gasteiger partial charge in [0, 0.05) is 28.8 Å². The Morgan fingerprint density at radius 3 is 2.55 bits per heavy atom. The summed E-state index contributed by atoms with van der Waals surface area (Å²) in [6.45, 7) is 3.79. The number of carbonyl (C=O) groups is 2. The van der Waals surface area contributed by atoms with Crippen LogP contribution in [0.5, 0.6) is 5.75 Å². The van der Waals surface area contributed by atoms with Crippen molar-refractivity contribution in [2.24, 2.45) is 5.10 Å². The van der Waals surface area contributed by atoms with Crippen LogP contribution >= 0.6 is 0 Å². The molecule has 0 spiro atoms. The van der Waals surface area contributed by atoms with Gasteiger partial charge in [-0.1, -0.05) is 12.1 Å². The minimum atomic E-state index is -0.377. The lowest BCUT2D eigenvalue weighted by molar-refractivity contribution is 0.0953. The average Bonchev–Trinajstić information content (AvgIpc) is 3.10. The Morgan fingerprint density at radius 1 is 1.03 bits per heavy atom. The van der Waals surface area contributed by atoms with E-state index in [1.807, 2.05) is 38.1 Å². The van der Waals surface area contributed by atoms with Gasteiger partial charge in [0.05, 0.1) is 5.71 Å². The van der Waals surface area contributed by atoms with Crippen LogP contribution in [0.4, 0.5) is 5.69 Å². The number of nitrogens with one attached hydrogen (secondary N) is 2. The van der Waals surface area contributed by atoms with E-state index in [1.165, 1.54) is 24.3 Å². The van der Waals surface area contributed by atoms with Crippen molar-refractivity contribution < 1.29 is 19.1 Å². The second kappa shape index (κ2) is 8.47. The third-order valence-corrected chi connectivity index (χ3v) is 5.23. The Bertz CT molecular complexity index is 1180. The highest BCUT2D eigenvalue weighted by atomic mass is 16.4. The monoisotopic (exact) mass is 417 g/mol. The molecule has 1 aromatic heterocycles. The average molecular weight is 417 g/mol. The van der Waals surface area contributed by atoms with E-state index in [0.29, 0.717) is 41.1 Å². The Morgan fingerprint density at radius 2 is 1.81 bits per heavy atom. The summed E-state index contributed by atoms with van der Waals surface area (Å²) in [5.74, 6) is 0.357. The quantitative estimate of drug-likeness (QED) is 0.550. The molecule has 1 heterocycles. The first-order valence-corrected chi connectivity index (χ1v) is 10.1. The maximum Gasteiger partial charge on any atom is 0.291 e. The number of carbonyl (C=O) groups excluding carboxylic acids is 2. The Balaban J connectivity index is 1.56. The topological polar surface area (TPSA) is 104 Å². The van der Waals surface area contributed by atoms with E-state index in [4.69, 9.17) is 4.42 Å². The first-order valence-electron chi connectivity index (χ1n) is 10.1. The summed E-state index contributed by atoms with van der Waals surface area (Å²) in [5.41, 5.74) is 6.88. The predicted octanol–water partition coefficient (Wildman–Crippen LogP) is 4.32. The van der Waals surface area contributed by atoms with Gasteiger partial charge in [-0.2, -0.15) is 5.10 Å². The minimum Gasteiger partial charge on any atom is -0.508 e. The molecule has 0 bridgehead atoms. The van der Waals surface area contributed by atoms with Crippen molar-refractivity contribution in [1.29, 1.82) is 0 Å². The maximum absolute atomic E-state index is 12.8. The molecule has 0 radical (unpaired) electrons. The Kier molecular flexibility index (Phi) is 5.58. The summed E-state index contributed by atoms with van der Waals surface area (Å²) in [6, 6.07) is 13.5. The highest BCUT2D eigenvalue weighted by molar-refractivity contribution is 6.09. The van der Waals surface area contributed by atoms with Gasteiger partial charge in [-0.25, -0.2) is 5.43 Å². The molecule has 7 nitrogen and oxygen atoms in total. The second-order valence-electron chi connectivity index (χ2n) is 7.58. The van der Waals surface area contributed by atoms with Gasteiger partial charge in [0.1, 0.15) is 11.5 Å². The van der Waals surface area contributed by atoms with Gasteiger partial charge in [0.2, 0.25) is 0 Å². The SMILES string of the molecule is Cc1cccc(NC(=O)c2oc3c(c2C)/C(=N/NC(=O)c2ccc(O)cc2)CCC3)c1. The number of aryl methyl sites for hydroxylation is 2. The molecule has 3 aromatic rings. The number of hydrogen-bond donors (Lipinski definition) is 3. The van der Waals surface area contributed by atoms with Crippen LogP contribution in [0.25, 0.3) is 0 Å². The highest BCUT2D eigenvalue weighted by Crippen LogP contribution is 2.30. The summed E-state index contributed by atoms with van der Waals surface area (Å²) >= 11 is 0. The van der Waals surface area contributed by atoms with Crippen LogP contribution in [0.3, 0.4) is 0 Å². The molecule has 2 amide bonds. The molecule has 0 aliphatic heterocycles. The fraction of sp³-hybridized carbons (Fsp3) is 0.208. The molecule has 158 valence electrons. The van der Waals surface area contributed by atoms with Crippen molar-refractivity contribution in [3.8, 4) is 5.75 Å². The van der Waals surface area contributed by atoms with Crippen LogP contribution in [-0.4, -0.2) is 22.6 Å². The third-order valence-electron chi connectivity index (χ3n) is 5.23. The van der Waals surface area contributed by atoms with E-state index in [2.05, 4.69) is 15.8 Å². The molecular formula is C24H23N3O4. The molecule has 0 saturated carbocycles. The number of benzene rings is 2. The van der Waals surface area contributed by atoms with Crippen molar-refractivity contribution in [3.63, 3.8) is 0 Å². The van der Waals surface area contributed by atoms with E-state index < -0.39 is 0 Å². The van der Waals surface area contributed by atoms with Crippen molar-refractivity contribution in [1.82, 2.24) is 5.43 Å². The van der Waals surface area contributed by atoms with Gasteiger partial charge in [-0.15, -0.1) is 0 Å². The fourth-order valence-electron chi connectivity index (χ4n) is 3.70. The fourth-order valence-corrected chi connectivity index (χ4v) is 3.70. The smallest absolute Gasteiger partial charge is 0.291 e. The van der Waals surface area contributed by atoms with Crippen LogP contribution in [0.15, 0.2) is 58.0 Å². The lowest BCUT2D eigenvalue weighted by atomic mass is 9.93. The standard InChI is InChI=1S/C24H23N3O4/c1-14-5-3-6-17(13-14)25-24(30)22-15(2)21-19(7-4-8-20(21)31-22)26-27-23(29)16-9-11-18(28)12-10-16/h3,5-6,9-13,28H,4,7-8H2,1-2H3,(H,25,30)(H,27,29)/b26-19+. The number of anilines is 1. The lowest BCUT2D eigenvalue weighted by Gasteiger charge is -2.13. The summed E-state index contributed by atoms with van der Waals surface area (Å²) in [7, 11) is 0. The molecule has 1 aliphatic rings. The predicted molar refractivity (Wildman–Crippen MR) is 118 cm³/mol. The molecule has 1 aliphatic carbocycles. The molecule has 2 aromatic carbocycles. The van der Waals surface area contributed by atoms with Gasteiger partial charge in [0.15, 0.2) is 5.76 Å². The molecule has 3 N–H and O–H groups in total. The van der Waals surface area contributed by atoms with E-state index in [0.717, 1.165) is 17.5 Å². The van der Waals surface area contributed by atoms with Crippen molar-refractivity contribution in [3.05, 3.63) is 82.3 Å². The number of amides is 2. The largest absolute Gasteiger partial charge is 0.508 e. The molecule has 0 atom stereocenters. The number of nitrogens with zero attached hydrogens (tertiary/aromatic N) is 1.